The Labute approximate surface area is 176 Å². The van der Waals surface area contributed by atoms with Crippen molar-refractivity contribution in [3.05, 3.63) is 36.9 Å². The third-order valence-electron chi connectivity index (χ3n) is 5.38. The molecule has 162 valence electrons. The zero-order chi connectivity index (χ0) is 21.3. The van der Waals surface area contributed by atoms with Crippen molar-refractivity contribution in [2.45, 2.75) is 51.7 Å². The van der Waals surface area contributed by atoms with E-state index in [4.69, 9.17) is 4.74 Å². The number of carbonyl (C=O) groups is 2. The van der Waals surface area contributed by atoms with E-state index < -0.39 is 6.04 Å². The Balaban J connectivity index is 1.37. The highest BCUT2D eigenvalue weighted by Gasteiger charge is 2.21. The van der Waals surface area contributed by atoms with E-state index in [9.17, 15) is 9.59 Å². The number of amides is 3. The zero-order valence-corrected chi connectivity index (χ0v) is 17.5. The number of hydrogen-bond acceptors (Lipinski definition) is 5. The average molecular weight is 415 g/mol. The van der Waals surface area contributed by atoms with E-state index in [2.05, 4.69) is 33.0 Å². The number of hydrogen-bond donors (Lipinski definition) is 3. The van der Waals surface area contributed by atoms with Crippen LogP contribution in [0.4, 0.5) is 16.2 Å². The molecule has 1 heterocycles. The summed E-state index contributed by atoms with van der Waals surface area (Å²) in [5, 5.41) is 12.4. The Morgan fingerprint density at radius 1 is 1.17 bits per heavy atom. The van der Waals surface area contributed by atoms with Crippen LogP contribution in [0.25, 0.3) is 0 Å². The highest BCUT2D eigenvalue weighted by Crippen LogP contribution is 2.26. The largest absolute Gasteiger partial charge is 0.376 e. The maximum absolute atomic E-state index is 12.3. The van der Waals surface area contributed by atoms with Gasteiger partial charge in [0.05, 0.1) is 12.7 Å². The van der Waals surface area contributed by atoms with Crippen LogP contribution in [0.2, 0.25) is 0 Å². The van der Waals surface area contributed by atoms with Crippen LogP contribution in [0, 0.1) is 5.92 Å². The lowest BCUT2D eigenvalue weighted by Gasteiger charge is -2.28. The first-order chi connectivity index (χ1) is 14.5. The molecule has 0 spiro atoms. The van der Waals surface area contributed by atoms with Crippen molar-refractivity contribution < 1.29 is 14.3 Å². The molecule has 1 aromatic heterocycles. The molecule has 2 aromatic rings. The summed E-state index contributed by atoms with van der Waals surface area (Å²) in [5.41, 5.74) is 1.27. The second kappa shape index (κ2) is 10.7. The summed E-state index contributed by atoms with van der Waals surface area (Å²) < 4.78 is 7.38. The molecule has 9 heteroatoms. The van der Waals surface area contributed by atoms with Crippen LogP contribution in [-0.4, -0.2) is 46.0 Å². The minimum absolute atomic E-state index is 0.203. The molecule has 3 atom stereocenters. The van der Waals surface area contributed by atoms with Gasteiger partial charge < -0.3 is 20.7 Å². The van der Waals surface area contributed by atoms with Gasteiger partial charge in [-0.1, -0.05) is 19.8 Å². The molecule has 1 aromatic carbocycles. The summed E-state index contributed by atoms with van der Waals surface area (Å²) >= 11 is 0. The average Bonchev–Trinajstić information content (AvgIpc) is 3.28. The van der Waals surface area contributed by atoms with Gasteiger partial charge in [-0.15, -0.1) is 0 Å². The smallest absolute Gasteiger partial charge is 0.319 e. The van der Waals surface area contributed by atoms with Gasteiger partial charge in [-0.2, -0.15) is 5.10 Å². The molecule has 9 nitrogen and oxygen atoms in total. The molecule has 0 unspecified atom stereocenters. The highest BCUT2D eigenvalue weighted by molar-refractivity contribution is 5.94. The van der Waals surface area contributed by atoms with Gasteiger partial charge in [0.2, 0.25) is 5.91 Å². The minimum Gasteiger partial charge on any atom is -0.376 e. The first-order valence-electron chi connectivity index (χ1n) is 10.4. The summed E-state index contributed by atoms with van der Waals surface area (Å²) in [6.07, 6.45) is 8.01. The van der Waals surface area contributed by atoms with E-state index in [0.29, 0.717) is 36.5 Å². The lowest BCUT2D eigenvalue weighted by molar-refractivity contribution is -0.119. The molecule has 30 heavy (non-hydrogen) atoms. The molecule has 0 aliphatic heterocycles. The molecule has 3 rings (SSSR count). The number of aromatic nitrogens is 3. The molecule has 0 radical (unpaired) electrons. The summed E-state index contributed by atoms with van der Waals surface area (Å²) in [7, 11) is 0. The lowest BCUT2D eigenvalue weighted by atomic mass is 9.88. The number of urea groups is 1. The fraction of sp³-hybridized carbons (Fsp3) is 0.524. The summed E-state index contributed by atoms with van der Waals surface area (Å²) in [5.74, 6) is 0.386. The van der Waals surface area contributed by atoms with Crippen LogP contribution in [0.5, 0.6) is 0 Å². The quantitative estimate of drug-likeness (QED) is 0.575. The third kappa shape index (κ3) is 6.28. The van der Waals surface area contributed by atoms with E-state index in [0.717, 1.165) is 6.42 Å². The van der Waals surface area contributed by atoms with Crippen molar-refractivity contribution in [1.82, 2.24) is 20.1 Å². The van der Waals surface area contributed by atoms with Crippen LogP contribution < -0.4 is 16.0 Å². The van der Waals surface area contributed by atoms with Crippen molar-refractivity contribution in [2.75, 3.05) is 23.8 Å². The Hall–Kier alpha value is -2.94. The highest BCUT2D eigenvalue weighted by atomic mass is 16.5. The van der Waals surface area contributed by atoms with Crippen LogP contribution in [-0.2, 0) is 9.53 Å². The fourth-order valence-electron chi connectivity index (χ4n) is 3.50. The molecule has 1 fully saturated rings. The summed E-state index contributed by atoms with van der Waals surface area (Å²) in [6.45, 7) is 4.94. The number of carbonyl (C=O) groups excluding carboxylic acids is 2. The number of nitrogens with zero attached hydrogens (tertiary/aromatic N) is 3. The van der Waals surface area contributed by atoms with Gasteiger partial charge in [-0.05, 0) is 49.9 Å². The van der Waals surface area contributed by atoms with Crippen molar-refractivity contribution in [3.63, 3.8) is 0 Å². The van der Waals surface area contributed by atoms with Gasteiger partial charge in [0.25, 0.3) is 0 Å². The van der Waals surface area contributed by atoms with Gasteiger partial charge in [0.15, 0.2) is 0 Å². The predicted octanol–water partition coefficient (Wildman–Crippen LogP) is 3.19. The second-order valence-corrected chi connectivity index (χ2v) is 7.67. The van der Waals surface area contributed by atoms with E-state index in [1.54, 1.807) is 31.2 Å². The molecule has 3 amide bonds. The first kappa shape index (κ1) is 21.8. The van der Waals surface area contributed by atoms with Crippen molar-refractivity contribution in [1.29, 1.82) is 0 Å². The second-order valence-electron chi connectivity index (χ2n) is 7.67. The minimum atomic E-state index is -0.477. The Morgan fingerprint density at radius 2 is 1.87 bits per heavy atom. The van der Waals surface area contributed by atoms with Gasteiger partial charge in [0, 0.05) is 17.9 Å². The maximum Gasteiger partial charge on any atom is 0.319 e. The van der Waals surface area contributed by atoms with E-state index >= 15 is 0 Å². The summed E-state index contributed by atoms with van der Waals surface area (Å²) in [4.78, 5) is 28.2. The van der Waals surface area contributed by atoms with Crippen molar-refractivity contribution in [3.8, 4) is 0 Å². The molecular formula is C21H30N6O3. The Kier molecular flexibility index (Phi) is 7.78. The number of benzene rings is 1. The van der Waals surface area contributed by atoms with Gasteiger partial charge in [0.1, 0.15) is 18.7 Å². The van der Waals surface area contributed by atoms with Crippen molar-refractivity contribution in [2.24, 2.45) is 5.92 Å². The monoisotopic (exact) mass is 414 g/mol. The van der Waals surface area contributed by atoms with Gasteiger partial charge >= 0.3 is 6.03 Å². The normalized spacial score (nSPS) is 19.7. The molecule has 3 N–H and O–H groups in total. The van der Waals surface area contributed by atoms with Crippen LogP contribution in [0.1, 0.15) is 45.6 Å². The Morgan fingerprint density at radius 3 is 2.53 bits per heavy atom. The topological polar surface area (TPSA) is 110 Å². The van der Waals surface area contributed by atoms with Crippen molar-refractivity contribution >= 4 is 23.3 Å². The maximum atomic E-state index is 12.3. The molecule has 1 saturated carbocycles. The van der Waals surface area contributed by atoms with Gasteiger partial charge in [-0.3, -0.25) is 4.79 Å². The van der Waals surface area contributed by atoms with Crippen LogP contribution in [0.15, 0.2) is 36.9 Å². The third-order valence-corrected chi connectivity index (χ3v) is 5.38. The predicted molar refractivity (Wildman–Crippen MR) is 114 cm³/mol. The molecule has 1 aliphatic rings. The number of ether oxygens (including phenoxy) is 1. The Bertz CT molecular complexity index is 809. The molecule has 0 bridgehead atoms. The number of nitrogens with one attached hydrogen (secondary N) is 3. The van der Waals surface area contributed by atoms with Crippen LogP contribution >= 0.6 is 0 Å². The SMILES string of the molecule is C[C@@H]1CCCC[C@@H]1OCCNC(=O)Nc1ccc(NC(=O)[C@H](C)n2cncn2)cc1. The van der Waals surface area contributed by atoms with E-state index in [1.165, 1.54) is 36.6 Å². The van der Waals surface area contributed by atoms with Crippen LogP contribution in [0.3, 0.4) is 0 Å². The van der Waals surface area contributed by atoms with Gasteiger partial charge in [-0.25, -0.2) is 14.5 Å². The van der Waals surface area contributed by atoms with E-state index in [-0.39, 0.29) is 11.9 Å². The standard InChI is InChI=1S/C21H30N6O3/c1-15-5-3-4-6-19(15)30-12-11-23-21(29)26-18-9-7-17(8-10-18)25-20(28)16(2)27-14-22-13-24-27/h7-10,13-16,19H,3-6,11-12H2,1-2H3,(H,25,28)(H2,23,26,29)/t15-,16+,19+/m1/s1. The molecular weight excluding hydrogens is 384 g/mol. The fourth-order valence-corrected chi connectivity index (χ4v) is 3.50. The van der Waals surface area contributed by atoms with E-state index in [1.807, 2.05) is 0 Å². The lowest BCUT2D eigenvalue weighted by Crippen LogP contribution is -2.34. The first-order valence-corrected chi connectivity index (χ1v) is 10.4. The zero-order valence-electron chi connectivity index (χ0n) is 17.5. The molecule has 1 aliphatic carbocycles. The summed E-state index contributed by atoms with van der Waals surface area (Å²) in [6, 6.07) is 6.16. The molecule has 0 saturated heterocycles. The number of rotatable bonds is 8. The number of anilines is 2.